The first-order chi connectivity index (χ1) is 13.1. The highest BCUT2D eigenvalue weighted by Gasteiger charge is 2.29. The van der Waals surface area contributed by atoms with E-state index in [9.17, 15) is 9.59 Å². The Bertz CT molecular complexity index is 797. The van der Waals surface area contributed by atoms with Crippen LogP contribution >= 0.6 is 11.6 Å². The van der Waals surface area contributed by atoms with Gasteiger partial charge in [0.2, 0.25) is 5.91 Å². The fourth-order valence-electron chi connectivity index (χ4n) is 3.26. The van der Waals surface area contributed by atoms with E-state index in [4.69, 9.17) is 16.3 Å². The van der Waals surface area contributed by atoms with Crippen LogP contribution < -0.4 is 0 Å². The highest BCUT2D eigenvalue weighted by Crippen LogP contribution is 2.22. The van der Waals surface area contributed by atoms with Crippen LogP contribution in [0.2, 0.25) is 5.02 Å². The number of hydrogen-bond donors (Lipinski definition) is 0. The van der Waals surface area contributed by atoms with Crippen molar-refractivity contribution in [1.82, 2.24) is 9.80 Å². The summed E-state index contributed by atoms with van der Waals surface area (Å²) < 4.78 is 5.45. The standard InChI is InChI=1S/C21H23ClN2O3/c1-27-20(16-7-3-2-4-8-16)21(26)23-12-11-19(25)24(14-13-23)15-17-9-5-6-10-18(17)22/h2-10,20H,11-15H2,1H3. The van der Waals surface area contributed by atoms with Crippen molar-refractivity contribution in [2.45, 2.75) is 19.1 Å². The van der Waals surface area contributed by atoms with Crippen LogP contribution in [0, 0.1) is 0 Å². The number of methoxy groups -OCH3 is 1. The van der Waals surface area contributed by atoms with Gasteiger partial charge in [-0.25, -0.2) is 0 Å². The Balaban J connectivity index is 1.69. The quantitative estimate of drug-likeness (QED) is 0.792. The van der Waals surface area contributed by atoms with Crippen molar-refractivity contribution >= 4 is 23.4 Å². The van der Waals surface area contributed by atoms with Gasteiger partial charge in [0.15, 0.2) is 6.10 Å². The normalized spacial score (nSPS) is 16.1. The number of ether oxygens (including phenoxy) is 1. The Morgan fingerprint density at radius 3 is 2.48 bits per heavy atom. The number of carbonyl (C=O) groups excluding carboxylic acids is 2. The summed E-state index contributed by atoms with van der Waals surface area (Å²) >= 11 is 6.22. The fourth-order valence-corrected chi connectivity index (χ4v) is 3.46. The lowest BCUT2D eigenvalue weighted by molar-refractivity contribution is -0.142. The van der Waals surface area contributed by atoms with Crippen LogP contribution in [0.25, 0.3) is 0 Å². The van der Waals surface area contributed by atoms with Gasteiger partial charge in [-0.3, -0.25) is 9.59 Å². The van der Waals surface area contributed by atoms with E-state index >= 15 is 0 Å². The van der Waals surface area contributed by atoms with Crippen molar-refractivity contribution in [2.24, 2.45) is 0 Å². The average Bonchev–Trinajstić information content (AvgIpc) is 2.87. The summed E-state index contributed by atoms with van der Waals surface area (Å²) in [7, 11) is 1.53. The molecule has 6 heteroatoms. The summed E-state index contributed by atoms with van der Waals surface area (Å²) in [6, 6.07) is 16.9. The van der Waals surface area contributed by atoms with Gasteiger partial charge in [-0.15, -0.1) is 0 Å². The number of halogens is 1. The van der Waals surface area contributed by atoms with Crippen LogP contribution in [0.4, 0.5) is 0 Å². The largest absolute Gasteiger partial charge is 0.367 e. The van der Waals surface area contributed by atoms with E-state index < -0.39 is 6.10 Å². The molecule has 1 fully saturated rings. The highest BCUT2D eigenvalue weighted by atomic mass is 35.5. The van der Waals surface area contributed by atoms with Crippen LogP contribution in [0.1, 0.15) is 23.7 Å². The summed E-state index contributed by atoms with van der Waals surface area (Å²) in [4.78, 5) is 29.0. The van der Waals surface area contributed by atoms with Crippen molar-refractivity contribution in [3.05, 3.63) is 70.7 Å². The zero-order valence-electron chi connectivity index (χ0n) is 15.3. The monoisotopic (exact) mass is 386 g/mol. The third-order valence-corrected chi connectivity index (χ3v) is 5.15. The number of carbonyl (C=O) groups is 2. The van der Waals surface area contributed by atoms with Crippen LogP contribution in [-0.2, 0) is 20.9 Å². The average molecular weight is 387 g/mol. The Kier molecular flexibility index (Phi) is 6.48. The molecule has 1 aliphatic heterocycles. The molecule has 0 aromatic heterocycles. The second-order valence-electron chi connectivity index (χ2n) is 6.51. The second kappa shape index (κ2) is 9.02. The van der Waals surface area contributed by atoms with E-state index in [2.05, 4.69) is 0 Å². The number of hydrogen-bond acceptors (Lipinski definition) is 3. The smallest absolute Gasteiger partial charge is 0.256 e. The van der Waals surface area contributed by atoms with Crippen molar-refractivity contribution < 1.29 is 14.3 Å². The minimum atomic E-state index is -0.656. The predicted octanol–water partition coefficient (Wildman–Crippen LogP) is 3.29. The lowest BCUT2D eigenvalue weighted by Gasteiger charge is -2.26. The van der Waals surface area contributed by atoms with Gasteiger partial charge < -0.3 is 14.5 Å². The molecule has 3 rings (SSSR count). The Morgan fingerprint density at radius 2 is 1.78 bits per heavy atom. The number of amides is 2. The Morgan fingerprint density at radius 1 is 1.07 bits per heavy atom. The zero-order valence-corrected chi connectivity index (χ0v) is 16.1. The van der Waals surface area contributed by atoms with E-state index in [1.54, 1.807) is 9.80 Å². The van der Waals surface area contributed by atoms with Gasteiger partial charge in [-0.2, -0.15) is 0 Å². The summed E-state index contributed by atoms with van der Waals surface area (Å²) in [5.41, 5.74) is 1.72. The molecule has 0 N–H and O–H groups in total. The maximum absolute atomic E-state index is 13.0. The molecule has 27 heavy (non-hydrogen) atoms. The molecular weight excluding hydrogens is 364 g/mol. The first-order valence-electron chi connectivity index (χ1n) is 8.98. The van der Waals surface area contributed by atoms with Gasteiger partial charge in [-0.05, 0) is 17.2 Å². The van der Waals surface area contributed by atoms with E-state index in [0.29, 0.717) is 37.6 Å². The summed E-state index contributed by atoms with van der Waals surface area (Å²) in [5.74, 6) is -0.0880. The Hall–Kier alpha value is -2.37. The van der Waals surface area contributed by atoms with Gasteiger partial charge in [0, 0.05) is 44.7 Å². The number of benzene rings is 2. The van der Waals surface area contributed by atoms with Crippen molar-refractivity contribution in [3.63, 3.8) is 0 Å². The van der Waals surface area contributed by atoms with Crippen molar-refractivity contribution in [1.29, 1.82) is 0 Å². The van der Waals surface area contributed by atoms with Gasteiger partial charge in [0.05, 0.1) is 0 Å². The van der Waals surface area contributed by atoms with Gasteiger partial charge in [0.25, 0.3) is 5.91 Å². The molecule has 1 heterocycles. The topological polar surface area (TPSA) is 49.9 Å². The van der Waals surface area contributed by atoms with Crippen LogP contribution in [0.15, 0.2) is 54.6 Å². The van der Waals surface area contributed by atoms with Gasteiger partial charge in [-0.1, -0.05) is 60.1 Å². The van der Waals surface area contributed by atoms with Crippen LogP contribution in [0.3, 0.4) is 0 Å². The van der Waals surface area contributed by atoms with E-state index in [0.717, 1.165) is 11.1 Å². The SMILES string of the molecule is COC(C(=O)N1CCC(=O)N(Cc2ccccc2Cl)CC1)c1ccccc1. The van der Waals surface area contributed by atoms with E-state index in [1.807, 2.05) is 54.6 Å². The molecule has 0 spiro atoms. The molecule has 0 bridgehead atoms. The number of nitrogens with zero attached hydrogens (tertiary/aromatic N) is 2. The molecule has 2 aromatic rings. The van der Waals surface area contributed by atoms with E-state index in [-0.39, 0.29) is 11.8 Å². The molecule has 1 atom stereocenters. The molecule has 0 saturated carbocycles. The fraction of sp³-hybridized carbons (Fsp3) is 0.333. The molecule has 1 saturated heterocycles. The molecular formula is C21H23ClN2O3. The third-order valence-electron chi connectivity index (χ3n) is 4.78. The molecule has 1 aliphatic rings. The minimum absolute atomic E-state index is 0.0268. The molecule has 5 nitrogen and oxygen atoms in total. The maximum atomic E-state index is 13.0. The summed E-state index contributed by atoms with van der Waals surface area (Å²) in [6.07, 6.45) is -0.363. The summed E-state index contributed by atoms with van der Waals surface area (Å²) in [5, 5.41) is 0.644. The third kappa shape index (κ3) is 4.67. The van der Waals surface area contributed by atoms with Gasteiger partial charge in [0.1, 0.15) is 0 Å². The predicted molar refractivity (Wildman–Crippen MR) is 104 cm³/mol. The first-order valence-corrected chi connectivity index (χ1v) is 9.35. The molecule has 2 amide bonds. The van der Waals surface area contributed by atoms with Crippen LogP contribution in [0.5, 0.6) is 0 Å². The lowest BCUT2D eigenvalue weighted by atomic mass is 10.1. The highest BCUT2D eigenvalue weighted by molar-refractivity contribution is 6.31. The molecule has 0 aliphatic carbocycles. The molecule has 1 unspecified atom stereocenters. The molecule has 0 radical (unpaired) electrons. The van der Waals surface area contributed by atoms with E-state index in [1.165, 1.54) is 7.11 Å². The second-order valence-corrected chi connectivity index (χ2v) is 6.92. The maximum Gasteiger partial charge on any atom is 0.256 e. The summed E-state index contributed by atoms with van der Waals surface area (Å²) in [6.45, 7) is 1.79. The van der Waals surface area contributed by atoms with Crippen molar-refractivity contribution in [3.8, 4) is 0 Å². The Labute approximate surface area is 164 Å². The van der Waals surface area contributed by atoms with Crippen LogP contribution in [-0.4, -0.2) is 48.4 Å². The molecule has 142 valence electrons. The first kappa shape index (κ1) is 19.4. The molecule has 2 aromatic carbocycles. The van der Waals surface area contributed by atoms with Crippen molar-refractivity contribution in [2.75, 3.05) is 26.7 Å². The zero-order chi connectivity index (χ0) is 19.2. The minimum Gasteiger partial charge on any atom is -0.367 e. The lowest BCUT2D eigenvalue weighted by Crippen LogP contribution is -2.38. The number of rotatable bonds is 5. The van der Waals surface area contributed by atoms with Gasteiger partial charge >= 0.3 is 0 Å².